The number of aryl methyl sites for hydroxylation is 1. The van der Waals surface area contributed by atoms with Gasteiger partial charge < -0.3 is 19.4 Å². The number of hydrogen-bond acceptors (Lipinski definition) is 6. The van der Waals surface area contributed by atoms with Gasteiger partial charge in [-0.3, -0.25) is 4.79 Å². The first kappa shape index (κ1) is 18.6. The Labute approximate surface area is 173 Å². The van der Waals surface area contributed by atoms with Gasteiger partial charge in [0.2, 0.25) is 5.82 Å². The summed E-state index contributed by atoms with van der Waals surface area (Å²) in [6.45, 7) is 5.05. The molecule has 4 aromatic rings. The number of carbonyl (C=O) groups is 1. The van der Waals surface area contributed by atoms with Gasteiger partial charge in [0.1, 0.15) is 11.1 Å². The van der Waals surface area contributed by atoms with E-state index in [-0.39, 0.29) is 11.7 Å². The van der Waals surface area contributed by atoms with Crippen molar-refractivity contribution in [3.05, 3.63) is 65.5 Å². The smallest absolute Gasteiger partial charge is 0.289 e. The molecule has 0 radical (unpaired) electrons. The molecule has 0 bridgehead atoms. The lowest BCUT2D eigenvalue weighted by atomic mass is 10.1. The van der Waals surface area contributed by atoms with Crippen molar-refractivity contribution in [2.75, 3.05) is 31.2 Å². The fourth-order valence-electron chi connectivity index (χ4n) is 3.73. The maximum Gasteiger partial charge on any atom is 0.289 e. The number of para-hydroxylation sites is 1. The standard InChI is InChI=1S/C23H22N4O3/c1-15-6-2-3-7-16(15)14-24-23(28)21-25-19-17-8-4-5-9-18(17)30-20(19)22(26-21)27-10-12-29-13-11-27/h2-9H,10-14H2,1H3,(H,24,28). The van der Waals surface area contributed by atoms with E-state index in [0.717, 1.165) is 22.1 Å². The molecular weight excluding hydrogens is 380 g/mol. The zero-order valence-electron chi connectivity index (χ0n) is 16.7. The number of aromatic nitrogens is 2. The van der Waals surface area contributed by atoms with Crippen molar-refractivity contribution in [2.45, 2.75) is 13.5 Å². The Kier molecular flexibility index (Phi) is 4.80. The maximum atomic E-state index is 13.0. The van der Waals surface area contributed by atoms with Crippen LogP contribution in [0.15, 0.2) is 52.9 Å². The Balaban J connectivity index is 1.55. The highest BCUT2D eigenvalue weighted by atomic mass is 16.5. The summed E-state index contributed by atoms with van der Waals surface area (Å²) in [7, 11) is 0. The van der Waals surface area contributed by atoms with Crippen LogP contribution >= 0.6 is 0 Å². The van der Waals surface area contributed by atoms with Crippen LogP contribution in [0.2, 0.25) is 0 Å². The molecule has 7 nitrogen and oxygen atoms in total. The highest BCUT2D eigenvalue weighted by molar-refractivity contribution is 6.07. The Morgan fingerprint density at radius 2 is 1.83 bits per heavy atom. The Bertz CT molecular complexity index is 1230. The average molecular weight is 402 g/mol. The molecule has 3 heterocycles. The third-order valence-electron chi connectivity index (χ3n) is 5.42. The van der Waals surface area contributed by atoms with Gasteiger partial charge in [-0.05, 0) is 30.2 Å². The predicted octanol–water partition coefficient (Wildman–Crippen LogP) is 3.45. The van der Waals surface area contributed by atoms with Gasteiger partial charge in [-0.15, -0.1) is 0 Å². The van der Waals surface area contributed by atoms with Crippen LogP contribution in [0, 0.1) is 6.92 Å². The number of morpholine rings is 1. The molecule has 0 spiro atoms. The molecule has 2 aromatic carbocycles. The van der Waals surface area contributed by atoms with Crippen LogP contribution in [0.4, 0.5) is 5.82 Å². The van der Waals surface area contributed by atoms with Gasteiger partial charge >= 0.3 is 0 Å². The second-order valence-electron chi connectivity index (χ2n) is 7.36. The van der Waals surface area contributed by atoms with E-state index < -0.39 is 0 Å². The van der Waals surface area contributed by atoms with Gasteiger partial charge in [-0.1, -0.05) is 36.4 Å². The normalized spacial score (nSPS) is 14.4. The molecule has 1 fully saturated rings. The molecule has 0 atom stereocenters. The first-order valence-electron chi connectivity index (χ1n) is 10.1. The number of furan rings is 1. The van der Waals surface area contributed by atoms with Crippen molar-refractivity contribution in [3.63, 3.8) is 0 Å². The zero-order valence-corrected chi connectivity index (χ0v) is 16.7. The number of anilines is 1. The lowest BCUT2D eigenvalue weighted by molar-refractivity contribution is 0.0940. The number of benzene rings is 2. The van der Waals surface area contributed by atoms with E-state index in [2.05, 4.69) is 20.2 Å². The van der Waals surface area contributed by atoms with Gasteiger partial charge in [0.25, 0.3) is 5.91 Å². The van der Waals surface area contributed by atoms with Crippen LogP contribution in [0.25, 0.3) is 22.1 Å². The first-order valence-corrected chi connectivity index (χ1v) is 10.1. The maximum absolute atomic E-state index is 13.0. The molecule has 30 heavy (non-hydrogen) atoms. The van der Waals surface area contributed by atoms with Crippen LogP contribution in [-0.4, -0.2) is 42.2 Å². The summed E-state index contributed by atoms with van der Waals surface area (Å²) < 4.78 is 11.6. The van der Waals surface area contributed by atoms with Crippen LogP contribution in [0.5, 0.6) is 0 Å². The number of nitrogens with one attached hydrogen (secondary N) is 1. The zero-order chi connectivity index (χ0) is 20.5. The molecule has 5 rings (SSSR count). The molecule has 0 aliphatic carbocycles. The van der Waals surface area contributed by atoms with E-state index >= 15 is 0 Å². The second-order valence-corrected chi connectivity index (χ2v) is 7.36. The van der Waals surface area contributed by atoms with Crippen molar-refractivity contribution in [2.24, 2.45) is 0 Å². The molecule has 1 saturated heterocycles. The van der Waals surface area contributed by atoms with Crippen LogP contribution in [0.3, 0.4) is 0 Å². The topological polar surface area (TPSA) is 80.5 Å². The monoisotopic (exact) mass is 402 g/mol. The van der Waals surface area contributed by atoms with Gasteiger partial charge in [0, 0.05) is 25.0 Å². The molecule has 1 amide bonds. The summed E-state index contributed by atoms with van der Waals surface area (Å²) in [5, 5.41) is 3.83. The first-order chi connectivity index (χ1) is 14.7. The number of rotatable bonds is 4. The number of fused-ring (bicyclic) bond motifs is 3. The Hall–Kier alpha value is -3.45. The van der Waals surface area contributed by atoms with Crippen LogP contribution in [0.1, 0.15) is 21.7 Å². The molecule has 0 saturated carbocycles. The number of nitrogens with zero attached hydrogens (tertiary/aromatic N) is 3. The lowest BCUT2D eigenvalue weighted by Gasteiger charge is -2.27. The molecular formula is C23H22N4O3. The second kappa shape index (κ2) is 7.76. The molecule has 7 heteroatoms. The van der Waals surface area contributed by atoms with E-state index in [1.807, 2.05) is 55.5 Å². The largest absolute Gasteiger partial charge is 0.450 e. The summed E-state index contributed by atoms with van der Waals surface area (Å²) >= 11 is 0. The van der Waals surface area contributed by atoms with E-state index in [9.17, 15) is 4.79 Å². The summed E-state index contributed by atoms with van der Waals surface area (Å²) in [6.07, 6.45) is 0. The van der Waals surface area contributed by atoms with Gasteiger partial charge in [-0.25, -0.2) is 9.97 Å². The number of ether oxygens (including phenoxy) is 1. The average Bonchev–Trinajstić information content (AvgIpc) is 3.17. The molecule has 2 aromatic heterocycles. The van der Waals surface area contributed by atoms with Crippen molar-refractivity contribution in [1.29, 1.82) is 0 Å². The van der Waals surface area contributed by atoms with Crippen molar-refractivity contribution < 1.29 is 13.9 Å². The van der Waals surface area contributed by atoms with Gasteiger partial charge in [0.05, 0.1) is 13.2 Å². The van der Waals surface area contributed by atoms with Crippen molar-refractivity contribution in [3.8, 4) is 0 Å². The number of carbonyl (C=O) groups excluding carboxylic acids is 1. The van der Waals surface area contributed by atoms with E-state index in [1.165, 1.54) is 0 Å². The minimum absolute atomic E-state index is 0.143. The molecule has 0 unspecified atom stereocenters. The summed E-state index contributed by atoms with van der Waals surface area (Å²) in [4.78, 5) is 24.2. The van der Waals surface area contributed by atoms with Crippen molar-refractivity contribution >= 4 is 33.8 Å². The summed E-state index contributed by atoms with van der Waals surface area (Å²) in [5.74, 6) is 0.476. The summed E-state index contributed by atoms with van der Waals surface area (Å²) in [6, 6.07) is 15.7. The summed E-state index contributed by atoms with van der Waals surface area (Å²) in [5.41, 5.74) is 4.18. The minimum Gasteiger partial charge on any atom is -0.450 e. The lowest BCUT2D eigenvalue weighted by Crippen LogP contribution is -2.37. The van der Waals surface area contributed by atoms with E-state index in [1.54, 1.807) is 0 Å². The van der Waals surface area contributed by atoms with E-state index in [0.29, 0.717) is 49.8 Å². The van der Waals surface area contributed by atoms with Crippen molar-refractivity contribution in [1.82, 2.24) is 15.3 Å². The molecule has 1 aliphatic heterocycles. The van der Waals surface area contributed by atoms with Crippen LogP contribution in [-0.2, 0) is 11.3 Å². The highest BCUT2D eigenvalue weighted by Crippen LogP contribution is 2.33. The Morgan fingerprint density at radius 3 is 2.67 bits per heavy atom. The third-order valence-corrected chi connectivity index (χ3v) is 5.42. The molecule has 152 valence electrons. The van der Waals surface area contributed by atoms with E-state index in [4.69, 9.17) is 9.15 Å². The van der Waals surface area contributed by atoms with Crippen LogP contribution < -0.4 is 10.2 Å². The third kappa shape index (κ3) is 3.37. The SMILES string of the molecule is Cc1ccccc1CNC(=O)c1nc(N2CCOCC2)c2oc3ccccc3c2n1. The predicted molar refractivity (Wildman–Crippen MR) is 115 cm³/mol. The van der Waals surface area contributed by atoms with Gasteiger partial charge in [0.15, 0.2) is 11.4 Å². The van der Waals surface area contributed by atoms with Gasteiger partial charge in [-0.2, -0.15) is 0 Å². The Morgan fingerprint density at radius 1 is 1.07 bits per heavy atom. The fraction of sp³-hybridized carbons (Fsp3) is 0.261. The number of amides is 1. The quantitative estimate of drug-likeness (QED) is 0.563. The fourth-order valence-corrected chi connectivity index (χ4v) is 3.73. The number of hydrogen-bond donors (Lipinski definition) is 1. The molecule has 1 N–H and O–H groups in total. The molecule has 1 aliphatic rings. The minimum atomic E-state index is -0.306. The highest BCUT2D eigenvalue weighted by Gasteiger charge is 2.24.